The van der Waals surface area contributed by atoms with E-state index in [-0.39, 0.29) is 17.9 Å². The molecule has 0 saturated carbocycles. The number of hydrogen-bond donors (Lipinski definition) is 2. The van der Waals surface area contributed by atoms with Gasteiger partial charge in [0.25, 0.3) is 5.91 Å². The first-order valence-electron chi connectivity index (χ1n) is 11.5. The Morgan fingerprint density at radius 3 is 2.31 bits per heavy atom. The van der Waals surface area contributed by atoms with E-state index in [1.54, 1.807) is 11.0 Å². The van der Waals surface area contributed by atoms with Crippen molar-refractivity contribution in [3.05, 3.63) is 89.7 Å². The van der Waals surface area contributed by atoms with E-state index in [9.17, 15) is 14.0 Å². The van der Waals surface area contributed by atoms with E-state index in [0.29, 0.717) is 29.1 Å². The van der Waals surface area contributed by atoms with Crippen LogP contribution in [0, 0.1) is 5.82 Å². The zero-order valence-corrected chi connectivity index (χ0v) is 20.3. The Labute approximate surface area is 205 Å². The van der Waals surface area contributed by atoms with Crippen molar-refractivity contribution in [2.75, 3.05) is 36.2 Å². The fourth-order valence-corrected chi connectivity index (χ4v) is 4.20. The van der Waals surface area contributed by atoms with Gasteiger partial charge in [0.15, 0.2) is 0 Å². The molecular formula is C28H29FN4O2. The number of carbonyl (C=O) groups is 2. The van der Waals surface area contributed by atoms with Gasteiger partial charge in [-0.05, 0) is 76.0 Å². The maximum Gasteiger partial charge on any atom is 0.258 e. The molecule has 1 heterocycles. The number of rotatable bonds is 7. The molecule has 0 saturated heterocycles. The summed E-state index contributed by atoms with van der Waals surface area (Å²) in [5, 5.41) is 6.16. The van der Waals surface area contributed by atoms with Gasteiger partial charge in [-0.1, -0.05) is 30.3 Å². The Kier molecular flexibility index (Phi) is 6.98. The number of amides is 2. The van der Waals surface area contributed by atoms with E-state index in [1.165, 1.54) is 12.1 Å². The Hall–Kier alpha value is -3.97. The molecule has 1 aliphatic rings. The average molecular weight is 473 g/mol. The second-order valence-electron chi connectivity index (χ2n) is 9.03. The fraction of sp³-hybridized carbons (Fsp3) is 0.214. The zero-order chi connectivity index (χ0) is 25.1. The van der Waals surface area contributed by atoms with E-state index in [1.807, 2.05) is 87.4 Å². The zero-order valence-electron chi connectivity index (χ0n) is 20.3. The maximum atomic E-state index is 13.8. The number of fused-ring (bicyclic) bond motifs is 1. The smallest absolute Gasteiger partial charge is 0.258 e. The van der Waals surface area contributed by atoms with Crippen LogP contribution in [-0.2, 0) is 9.59 Å². The molecule has 0 bridgehead atoms. The van der Waals surface area contributed by atoms with Gasteiger partial charge in [-0.15, -0.1) is 0 Å². The van der Waals surface area contributed by atoms with Gasteiger partial charge >= 0.3 is 0 Å². The lowest BCUT2D eigenvalue weighted by molar-refractivity contribution is -0.119. The summed E-state index contributed by atoms with van der Waals surface area (Å²) in [7, 11) is 3.74. The quantitative estimate of drug-likeness (QED) is 0.472. The average Bonchev–Trinajstić information content (AvgIpc) is 3.13. The normalized spacial score (nSPS) is 14.1. The van der Waals surface area contributed by atoms with Crippen LogP contribution in [-0.4, -0.2) is 43.4 Å². The third-order valence-electron chi connectivity index (χ3n) is 5.69. The Morgan fingerprint density at radius 1 is 1.00 bits per heavy atom. The number of nitrogens with zero attached hydrogens (tertiary/aromatic N) is 2. The van der Waals surface area contributed by atoms with Gasteiger partial charge in [-0.3, -0.25) is 9.59 Å². The first-order chi connectivity index (χ1) is 16.7. The maximum absolute atomic E-state index is 13.8. The molecule has 0 spiro atoms. The number of anilines is 3. The summed E-state index contributed by atoms with van der Waals surface area (Å²) in [5.74, 6) is -0.688. The molecule has 3 aromatic rings. The molecule has 2 N–H and O–H groups in total. The Bertz CT molecular complexity index is 1270. The summed E-state index contributed by atoms with van der Waals surface area (Å²) in [6.45, 7) is 4.28. The van der Waals surface area contributed by atoms with Gasteiger partial charge in [0, 0.05) is 23.0 Å². The van der Waals surface area contributed by atoms with Crippen molar-refractivity contribution in [1.82, 2.24) is 4.90 Å². The topological polar surface area (TPSA) is 64.7 Å². The molecule has 0 fully saturated rings. The van der Waals surface area contributed by atoms with E-state index in [0.717, 1.165) is 16.9 Å². The molecule has 1 aliphatic heterocycles. The first kappa shape index (κ1) is 24.2. The van der Waals surface area contributed by atoms with Gasteiger partial charge in [0.2, 0.25) is 5.91 Å². The van der Waals surface area contributed by atoms with Crippen LogP contribution in [0.3, 0.4) is 0 Å². The summed E-state index contributed by atoms with van der Waals surface area (Å²) >= 11 is 0. The number of nitrogens with one attached hydrogen (secondary N) is 2. The standard InChI is InChI=1S/C28H29FN4O2/c1-18(2)33(25(34)17-32(3)4)22-13-11-21(12-14-22)30-27(19-8-6-5-7-9-19)26-23-15-10-20(29)16-24(23)31-28(26)35/h5-16,18,30H,17H2,1-4H3,(H,31,35)/b27-26-. The lowest BCUT2D eigenvalue weighted by Gasteiger charge is -2.28. The van der Waals surface area contributed by atoms with Crippen LogP contribution in [0.15, 0.2) is 72.8 Å². The first-order valence-corrected chi connectivity index (χ1v) is 11.5. The highest BCUT2D eigenvalue weighted by Crippen LogP contribution is 2.38. The monoisotopic (exact) mass is 472 g/mol. The minimum Gasteiger partial charge on any atom is -0.354 e. The van der Waals surface area contributed by atoms with Crippen LogP contribution < -0.4 is 15.5 Å². The summed E-state index contributed by atoms with van der Waals surface area (Å²) in [6, 6.07) is 21.4. The summed E-state index contributed by atoms with van der Waals surface area (Å²) in [6.07, 6.45) is 0. The minimum absolute atomic E-state index is 0.00217. The SMILES string of the molecule is CC(C)N(C(=O)CN(C)C)c1ccc(N/C(=C2\C(=O)Nc3cc(F)ccc32)c2ccccc2)cc1. The second kappa shape index (κ2) is 10.1. The number of likely N-dealkylation sites (N-methyl/N-ethyl adjacent to an activating group) is 1. The van der Waals surface area contributed by atoms with Crippen molar-refractivity contribution < 1.29 is 14.0 Å². The van der Waals surface area contributed by atoms with Gasteiger partial charge in [0.1, 0.15) is 5.82 Å². The molecule has 180 valence electrons. The molecule has 0 atom stereocenters. The van der Waals surface area contributed by atoms with Crippen molar-refractivity contribution in [2.45, 2.75) is 19.9 Å². The van der Waals surface area contributed by atoms with Crippen LogP contribution in [0.4, 0.5) is 21.5 Å². The predicted molar refractivity (Wildman–Crippen MR) is 140 cm³/mol. The van der Waals surface area contributed by atoms with Gasteiger partial charge in [-0.2, -0.15) is 0 Å². The van der Waals surface area contributed by atoms with E-state index < -0.39 is 5.82 Å². The molecule has 0 aromatic heterocycles. The number of benzene rings is 3. The number of hydrogen-bond acceptors (Lipinski definition) is 4. The third kappa shape index (κ3) is 5.25. The Balaban J connectivity index is 1.72. The molecule has 0 unspecified atom stereocenters. The van der Waals surface area contributed by atoms with Crippen LogP contribution in [0.5, 0.6) is 0 Å². The molecule has 0 aliphatic carbocycles. The highest BCUT2D eigenvalue weighted by atomic mass is 19.1. The van der Waals surface area contributed by atoms with Crippen molar-refractivity contribution >= 4 is 40.1 Å². The third-order valence-corrected chi connectivity index (χ3v) is 5.69. The molecule has 3 aromatic carbocycles. The summed E-state index contributed by atoms with van der Waals surface area (Å²) < 4.78 is 13.8. The van der Waals surface area contributed by atoms with Crippen LogP contribution in [0.2, 0.25) is 0 Å². The number of halogens is 1. The second-order valence-corrected chi connectivity index (χ2v) is 9.03. The molecular weight excluding hydrogens is 443 g/mol. The highest BCUT2D eigenvalue weighted by Gasteiger charge is 2.29. The predicted octanol–water partition coefficient (Wildman–Crippen LogP) is 5.06. The van der Waals surface area contributed by atoms with Crippen molar-refractivity contribution in [2.24, 2.45) is 0 Å². The number of carbonyl (C=O) groups excluding carboxylic acids is 2. The van der Waals surface area contributed by atoms with Gasteiger partial charge in [0.05, 0.1) is 23.5 Å². The lowest BCUT2D eigenvalue weighted by Crippen LogP contribution is -2.42. The lowest BCUT2D eigenvalue weighted by atomic mass is 10.00. The van der Waals surface area contributed by atoms with Crippen molar-refractivity contribution in [1.29, 1.82) is 0 Å². The van der Waals surface area contributed by atoms with Crippen molar-refractivity contribution in [3.63, 3.8) is 0 Å². The van der Waals surface area contributed by atoms with E-state index in [2.05, 4.69) is 10.6 Å². The molecule has 6 nitrogen and oxygen atoms in total. The largest absolute Gasteiger partial charge is 0.354 e. The van der Waals surface area contributed by atoms with Gasteiger partial charge in [-0.25, -0.2) is 4.39 Å². The minimum atomic E-state index is -0.409. The molecule has 4 rings (SSSR count). The van der Waals surface area contributed by atoms with Gasteiger partial charge < -0.3 is 20.4 Å². The molecule has 2 amide bonds. The van der Waals surface area contributed by atoms with Crippen molar-refractivity contribution in [3.8, 4) is 0 Å². The summed E-state index contributed by atoms with van der Waals surface area (Å²) in [5.41, 5.74) is 4.52. The van der Waals surface area contributed by atoms with E-state index in [4.69, 9.17) is 0 Å². The molecule has 0 radical (unpaired) electrons. The van der Waals surface area contributed by atoms with Crippen LogP contribution >= 0.6 is 0 Å². The molecule has 35 heavy (non-hydrogen) atoms. The Morgan fingerprint density at radius 2 is 1.69 bits per heavy atom. The summed E-state index contributed by atoms with van der Waals surface area (Å²) in [4.78, 5) is 29.4. The van der Waals surface area contributed by atoms with E-state index >= 15 is 0 Å². The molecule has 7 heteroatoms. The fourth-order valence-electron chi connectivity index (χ4n) is 4.20. The van der Waals surface area contributed by atoms with Crippen LogP contribution in [0.25, 0.3) is 11.3 Å². The van der Waals surface area contributed by atoms with Crippen LogP contribution in [0.1, 0.15) is 25.0 Å². The highest BCUT2D eigenvalue weighted by molar-refractivity contribution is 6.37.